The van der Waals surface area contributed by atoms with Crippen LogP contribution in [-0.4, -0.2) is 70.3 Å². The Morgan fingerprint density at radius 3 is 2.62 bits per heavy atom. The average Bonchev–Trinajstić information content (AvgIpc) is 3.18. The van der Waals surface area contributed by atoms with Crippen molar-refractivity contribution in [2.45, 2.75) is 50.0 Å². The minimum Gasteiger partial charge on any atom is -0.351 e. The van der Waals surface area contributed by atoms with Crippen LogP contribution in [0, 0.1) is 5.92 Å². The number of anilines is 1. The van der Waals surface area contributed by atoms with Gasteiger partial charge in [-0.2, -0.15) is 18.2 Å². The third kappa shape index (κ3) is 5.92. The number of rotatable bonds is 4. The molecule has 0 aromatic heterocycles. The highest BCUT2D eigenvalue weighted by Gasteiger charge is 2.42. The molecule has 11 heteroatoms. The van der Waals surface area contributed by atoms with Crippen molar-refractivity contribution in [2.24, 2.45) is 10.9 Å². The summed E-state index contributed by atoms with van der Waals surface area (Å²) in [7, 11) is 0. The van der Waals surface area contributed by atoms with Crippen LogP contribution in [0.4, 0.5) is 18.9 Å². The Balaban J connectivity index is 1.33. The van der Waals surface area contributed by atoms with Crippen LogP contribution in [-0.2, 0) is 9.59 Å². The zero-order valence-corrected chi connectivity index (χ0v) is 19.5. The smallest absolute Gasteiger partial charge is 0.351 e. The molecule has 0 spiro atoms. The Bertz CT molecular complexity index is 978. The lowest BCUT2D eigenvalue weighted by atomic mass is 9.97. The van der Waals surface area contributed by atoms with Crippen molar-refractivity contribution in [3.63, 3.8) is 0 Å². The molecule has 0 bridgehead atoms. The number of amides is 3. The van der Waals surface area contributed by atoms with Gasteiger partial charge in [0.1, 0.15) is 5.25 Å². The van der Waals surface area contributed by atoms with E-state index in [9.17, 15) is 27.6 Å². The van der Waals surface area contributed by atoms with Crippen molar-refractivity contribution < 1.29 is 27.6 Å². The summed E-state index contributed by atoms with van der Waals surface area (Å²) < 4.78 is 39.3. The first-order valence-corrected chi connectivity index (χ1v) is 12.4. The number of carbonyl (C=O) groups is 3. The summed E-state index contributed by atoms with van der Waals surface area (Å²) in [5.41, 5.74) is 0.565. The number of hydrogen-bond acceptors (Lipinski definition) is 5. The molecule has 0 saturated carbocycles. The van der Waals surface area contributed by atoms with E-state index in [-0.39, 0.29) is 43.3 Å². The number of halogens is 3. The second kappa shape index (κ2) is 10.4. The molecule has 184 valence electrons. The first-order chi connectivity index (χ1) is 16.2. The quantitative estimate of drug-likeness (QED) is 0.684. The number of aliphatic imine (C=N–C) groups is 1. The molecule has 3 aliphatic rings. The zero-order valence-electron chi connectivity index (χ0n) is 18.6. The van der Waals surface area contributed by atoms with Gasteiger partial charge < -0.3 is 15.1 Å². The number of hydrogen-bond donors (Lipinski definition) is 1. The van der Waals surface area contributed by atoms with Gasteiger partial charge in [-0.05, 0) is 50.3 Å². The molecule has 2 fully saturated rings. The Morgan fingerprint density at radius 1 is 1.12 bits per heavy atom. The number of alkyl halides is 3. The maximum Gasteiger partial charge on any atom is 0.393 e. The van der Waals surface area contributed by atoms with Crippen LogP contribution in [0.2, 0.25) is 0 Å². The van der Waals surface area contributed by atoms with Gasteiger partial charge in [-0.1, -0.05) is 17.8 Å². The van der Waals surface area contributed by atoms with Crippen LogP contribution in [0.5, 0.6) is 0 Å². The van der Waals surface area contributed by atoms with Gasteiger partial charge in [-0.3, -0.25) is 14.4 Å². The number of nitrogens with one attached hydrogen (secondary N) is 1. The van der Waals surface area contributed by atoms with E-state index in [4.69, 9.17) is 0 Å². The van der Waals surface area contributed by atoms with Gasteiger partial charge in [-0.25, -0.2) is 0 Å². The second-order valence-corrected chi connectivity index (χ2v) is 10.0. The van der Waals surface area contributed by atoms with Crippen LogP contribution in [0.25, 0.3) is 0 Å². The molecule has 7 nitrogen and oxygen atoms in total. The van der Waals surface area contributed by atoms with Gasteiger partial charge in [0.2, 0.25) is 5.91 Å². The van der Waals surface area contributed by atoms with E-state index in [1.807, 2.05) is 0 Å². The van der Waals surface area contributed by atoms with Crippen molar-refractivity contribution in [1.82, 2.24) is 9.80 Å². The Hall–Kier alpha value is -2.56. The lowest BCUT2D eigenvalue weighted by Gasteiger charge is -2.33. The van der Waals surface area contributed by atoms with Gasteiger partial charge >= 0.3 is 6.18 Å². The predicted octanol–water partition coefficient (Wildman–Crippen LogP) is 3.91. The van der Waals surface area contributed by atoms with E-state index >= 15 is 0 Å². The highest BCUT2D eigenvalue weighted by atomic mass is 32.2. The highest BCUT2D eigenvalue weighted by molar-refractivity contribution is 8.15. The maximum atomic E-state index is 13.1. The SMILES string of the molecule is O=C(C[C@@H]1SC(N2CCCCC2)=NC1=O)Nc1cccc(C(=O)N2CCC[C@@H](C(F)(F)F)C2)c1. The Kier molecular flexibility index (Phi) is 7.49. The summed E-state index contributed by atoms with van der Waals surface area (Å²) in [5, 5.41) is 2.78. The number of benzene rings is 1. The van der Waals surface area contributed by atoms with Crippen molar-refractivity contribution >= 4 is 40.3 Å². The van der Waals surface area contributed by atoms with E-state index < -0.39 is 23.3 Å². The average molecular weight is 497 g/mol. The molecule has 4 rings (SSSR count). The van der Waals surface area contributed by atoms with Crippen LogP contribution >= 0.6 is 11.8 Å². The summed E-state index contributed by atoms with van der Waals surface area (Å²) in [5.74, 6) is -2.73. The number of piperidine rings is 2. The standard InChI is InChI=1S/C23H27F3N4O3S/c24-23(25,26)16-7-5-11-30(14-16)21(33)15-6-4-8-17(12-15)27-19(31)13-18-20(32)28-22(34-18)29-9-2-1-3-10-29/h4,6,8,12,16,18H,1-3,5,7,9-11,13-14H2,(H,27,31)/t16-,18+/m1/s1. The molecule has 2 saturated heterocycles. The summed E-state index contributed by atoms with van der Waals surface area (Å²) in [6.45, 7) is 1.63. The molecule has 1 aromatic rings. The fourth-order valence-corrected chi connectivity index (χ4v) is 5.57. The van der Waals surface area contributed by atoms with Crippen LogP contribution in [0.3, 0.4) is 0 Å². The lowest BCUT2D eigenvalue weighted by molar-refractivity contribution is -0.184. The highest BCUT2D eigenvalue weighted by Crippen LogP contribution is 2.34. The minimum atomic E-state index is -4.33. The first kappa shape index (κ1) is 24.6. The molecule has 0 aliphatic carbocycles. The normalized spacial score (nSPS) is 23.6. The molecule has 1 N–H and O–H groups in total. The minimum absolute atomic E-state index is 0.0183. The topological polar surface area (TPSA) is 82.1 Å². The number of likely N-dealkylation sites (tertiary alicyclic amines) is 2. The summed E-state index contributed by atoms with van der Waals surface area (Å²) in [6.07, 6.45) is -0.795. The van der Waals surface area contributed by atoms with Gasteiger partial charge in [0.25, 0.3) is 11.8 Å². The molecule has 0 radical (unpaired) electrons. The maximum absolute atomic E-state index is 13.1. The summed E-state index contributed by atoms with van der Waals surface area (Å²) >= 11 is 1.31. The van der Waals surface area contributed by atoms with Crippen LogP contribution in [0.15, 0.2) is 29.3 Å². The number of nitrogens with zero attached hydrogens (tertiary/aromatic N) is 3. The number of thioether (sulfide) groups is 1. The van der Waals surface area contributed by atoms with Gasteiger partial charge in [0, 0.05) is 43.9 Å². The molecule has 3 heterocycles. The zero-order chi connectivity index (χ0) is 24.3. The molecular weight excluding hydrogens is 469 g/mol. The monoisotopic (exact) mass is 496 g/mol. The van der Waals surface area contributed by atoms with Crippen molar-refractivity contribution in [3.05, 3.63) is 29.8 Å². The molecule has 2 atom stereocenters. The number of amidine groups is 1. The largest absolute Gasteiger partial charge is 0.393 e. The van der Waals surface area contributed by atoms with Crippen molar-refractivity contribution in [1.29, 1.82) is 0 Å². The number of carbonyl (C=O) groups excluding carboxylic acids is 3. The third-order valence-electron chi connectivity index (χ3n) is 6.29. The van der Waals surface area contributed by atoms with Crippen molar-refractivity contribution in [3.8, 4) is 0 Å². The molecule has 34 heavy (non-hydrogen) atoms. The first-order valence-electron chi connectivity index (χ1n) is 11.5. The van der Waals surface area contributed by atoms with E-state index in [0.717, 1.165) is 32.4 Å². The molecule has 3 aliphatic heterocycles. The second-order valence-electron chi connectivity index (χ2n) is 8.85. The van der Waals surface area contributed by atoms with Crippen LogP contribution < -0.4 is 5.32 Å². The van der Waals surface area contributed by atoms with Crippen LogP contribution in [0.1, 0.15) is 48.9 Å². The Morgan fingerprint density at radius 2 is 1.88 bits per heavy atom. The molecule has 3 amide bonds. The van der Waals surface area contributed by atoms with Gasteiger partial charge in [0.15, 0.2) is 5.17 Å². The fourth-order valence-electron chi connectivity index (χ4n) is 4.45. The lowest BCUT2D eigenvalue weighted by Crippen LogP contribution is -2.44. The van der Waals surface area contributed by atoms with E-state index in [0.29, 0.717) is 17.3 Å². The fraction of sp³-hybridized carbons (Fsp3) is 0.565. The molecule has 1 aromatic carbocycles. The third-order valence-corrected chi connectivity index (χ3v) is 7.50. The van der Waals surface area contributed by atoms with Gasteiger partial charge in [0.05, 0.1) is 5.92 Å². The summed E-state index contributed by atoms with van der Waals surface area (Å²) in [6, 6.07) is 6.14. The van der Waals surface area contributed by atoms with Crippen molar-refractivity contribution in [2.75, 3.05) is 31.5 Å². The van der Waals surface area contributed by atoms with E-state index in [2.05, 4.69) is 15.2 Å². The van der Waals surface area contributed by atoms with E-state index in [1.54, 1.807) is 12.1 Å². The molecule has 0 unspecified atom stereocenters. The molecular formula is C23H27F3N4O3S. The Labute approximate surface area is 200 Å². The summed E-state index contributed by atoms with van der Waals surface area (Å²) in [4.78, 5) is 45.1. The van der Waals surface area contributed by atoms with Gasteiger partial charge in [-0.15, -0.1) is 0 Å². The predicted molar refractivity (Wildman–Crippen MR) is 124 cm³/mol. The van der Waals surface area contributed by atoms with E-state index in [1.165, 1.54) is 28.8 Å².